The van der Waals surface area contributed by atoms with Gasteiger partial charge in [0.1, 0.15) is 12.3 Å². The predicted molar refractivity (Wildman–Crippen MR) is 138 cm³/mol. The number of nitrogens with one attached hydrogen (secondary N) is 1. The fourth-order valence-corrected chi connectivity index (χ4v) is 4.51. The maximum Gasteiger partial charge on any atom is 0.256 e. The van der Waals surface area contributed by atoms with Gasteiger partial charge in [0.2, 0.25) is 0 Å². The molecule has 1 fully saturated rings. The lowest BCUT2D eigenvalue weighted by Gasteiger charge is -2.30. The summed E-state index contributed by atoms with van der Waals surface area (Å²) in [6.45, 7) is 3.32. The Bertz CT molecular complexity index is 1490. The maximum absolute atomic E-state index is 13.7. The lowest BCUT2D eigenvalue weighted by atomic mass is 10.1. The highest BCUT2D eigenvalue weighted by Gasteiger charge is 2.21. The van der Waals surface area contributed by atoms with Crippen molar-refractivity contribution in [2.45, 2.75) is 6.54 Å². The van der Waals surface area contributed by atoms with E-state index in [1.807, 2.05) is 72.8 Å². The molecule has 1 saturated heterocycles. The number of nitrogens with zero attached hydrogens (tertiary/aromatic N) is 4. The Morgan fingerprint density at radius 2 is 1.78 bits per heavy atom. The number of fused-ring (bicyclic) bond motifs is 1. The summed E-state index contributed by atoms with van der Waals surface area (Å²) in [7, 11) is 0. The highest BCUT2D eigenvalue weighted by molar-refractivity contribution is 6.13. The summed E-state index contributed by atoms with van der Waals surface area (Å²) in [5, 5.41) is 8.37. The van der Waals surface area contributed by atoms with Gasteiger partial charge in [-0.1, -0.05) is 42.5 Å². The third-order valence-corrected chi connectivity index (χ3v) is 6.31. The minimum absolute atomic E-state index is 0.210. The molecule has 0 saturated carbocycles. The van der Waals surface area contributed by atoms with Crippen LogP contribution in [0, 0.1) is 0 Å². The number of carbonyl (C=O) groups excluding carboxylic acids is 1. The fourth-order valence-electron chi connectivity index (χ4n) is 4.51. The van der Waals surface area contributed by atoms with Crippen LogP contribution in [0.5, 0.6) is 0 Å². The van der Waals surface area contributed by atoms with Gasteiger partial charge in [-0.15, -0.1) is 0 Å². The number of aromatic nitrogens is 3. The topological polar surface area (TPSA) is 85.4 Å². The second-order valence-corrected chi connectivity index (χ2v) is 8.61. The first kappa shape index (κ1) is 22.1. The monoisotopic (exact) mass is 479 g/mol. The van der Waals surface area contributed by atoms with Crippen molar-refractivity contribution < 1.29 is 13.9 Å². The number of furan rings is 1. The second-order valence-electron chi connectivity index (χ2n) is 8.61. The third-order valence-electron chi connectivity index (χ3n) is 6.31. The first-order valence-corrected chi connectivity index (χ1v) is 11.9. The summed E-state index contributed by atoms with van der Waals surface area (Å²) >= 11 is 0. The Balaban J connectivity index is 1.41. The number of morpholine rings is 1. The van der Waals surface area contributed by atoms with Gasteiger partial charge in [-0.3, -0.25) is 4.79 Å². The van der Waals surface area contributed by atoms with Gasteiger partial charge in [-0.25, -0.2) is 9.67 Å². The van der Waals surface area contributed by atoms with Gasteiger partial charge in [0, 0.05) is 18.7 Å². The molecule has 0 unspecified atom stereocenters. The number of carbonyl (C=O) groups is 1. The fraction of sp³-hybridized carbons (Fsp3) is 0.179. The molecule has 8 nitrogen and oxygen atoms in total. The van der Waals surface area contributed by atoms with Crippen molar-refractivity contribution in [3.63, 3.8) is 0 Å². The zero-order chi connectivity index (χ0) is 24.3. The molecule has 0 radical (unpaired) electrons. The molecule has 8 heteroatoms. The van der Waals surface area contributed by atoms with Crippen LogP contribution in [0.15, 0.2) is 89.7 Å². The average molecular weight is 480 g/mol. The van der Waals surface area contributed by atoms with Crippen molar-refractivity contribution in [2.75, 3.05) is 36.5 Å². The Labute approximate surface area is 208 Å². The van der Waals surface area contributed by atoms with E-state index in [0.29, 0.717) is 42.0 Å². The highest BCUT2D eigenvalue weighted by Crippen LogP contribution is 2.29. The number of rotatable bonds is 6. The zero-order valence-electron chi connectivity index (χ0n) is 19.6. The zero-order valence-corrected chi connectivity index (χ0v) is 19.6. The summed E-state index contributed by atoms with van der Waals surface area (Å²) in [4.78, 5) is 20.9. The van der Waals surface area contributed by atoms with Gasteiger partial charge in [0.05, 0.1) is 53.7 Å². The number of hydrogen-bond acceptors (Lipinski definition) is 6. The maximum atomic E-state index is 13.7. The molecule has 1 N–H and O–H groups in total. The van der Waals surface area contributed by atoms with Crippen LogP contribution >= 0.6 is 0 Å². The van der Waals surface area contributed by atoms with Gasteiger partial charge in [-0.2, -0.15) is 5.10 Å². The van der Waals surface area contributed by atoms with Gasteiger partial charge < -0.3 is 19.4 Å². The number of anilines is 2. The summed E-state index contributed by atoms with van der Waals surface area (Å²) in [6.07, 6.45) is 3.33. The first-order chi connectivity index (χ1) is 17.8. The highest BCUT2D eigenvalue weighted by atomic mass is 16.5. The summed E-state index contributed by atoms with van der Waals surface area (Å²) < 4.78 is 12.8. The van der Waals surface area contributed by atoms with E-state index in [-0.39, 0.29) is 5.91 Å². The van der Waals surface area contributed by atoms with Crippen LogP contribution in [0.2, 0.25) is 0 Å². The van der Waals surface area contributed by atoms with E-state index in [2.05, 4.69) is 15.3 Å². The van der Waals surface area contributed by atoms with Gasteiger partial charge >= 0.3 is 0 Å². The molecule has 36 heavy (non-hydrogen) atoms. The van der Waals surface area contributed by atoms with Crippen molar-refractivity contribution in [1.29, 1.82) is 0 Å². The van der Waals surface area contributed by atoms with Crippen LogP contribution in [0.3, 0.4) is 0 Å². The molecule has 0 spiro atoms. The molecule has 1 aliphatic rings. The van der Waals surface area contributed by atoms with Gasteiger partial charge in [0.25, 0.3) is 5.91 Å². The Morgan fingerprint density at radius 1 is 0.972 bits per heavy atom. The van der Waals surface area contributed by atoms with E-state index >= 15 is 0 Å². The smallest absolute Gasteiger partial charge is 0.256 e. The number of ether oxygens (including phenoxy) is 1. The summed E-state index contributed by atoms with van der Waals surface area (Å²) in [5.41, 5.74) is 4.51. The number of amides is 1. The van der Waals surface area contributed by atoms with Crippen LogP contribution < -0.4 is 10.2 Å². The van der Waals surface area contributed by atoms with Crippen molar-refractivity contribution in [3.8, 4) is 11.3 Å². The van der Waals surface area contributed by atoms with Crippen molar-refractivity contribution in [1.82, 2.24) is 14.8 Å². The average Bonchev–Trinajstić information content (AvgIpc) is 3.60. The normalized spacial score (nSPS) is 13.7. The molecule has 6 rings (SSSR count). The number of benzene rings is 2. The quantitative estimate of drug-likeness (QED) is 0.376. The Morgan fingerprint density at radius 3 is 2.58 bits per heavy atom. The van der Waals surface area contributed by atoms with E-state index in [4.69, 9.17) is 14.1 Å². The first-order valence-electron chi connectivity index (χ1n) is 11.9. The Hall–Kier alpha value is -4.43. The second kappa shape index (κ2) is 9.67. The minimum atomic E-state index is -0.210. The van der Waals surface area contributed by atoms with Crippen molar-refractivity contribution >= 4 is 28.3 Å². The number of hydrogen-bond donors (Lipinski definition) is 1. The summed E-state index contributed by atoms with van der Waals surface area (Å²) in [6, 6.07) is 23.3. The summed E-state index contributed by atoms with van der Waals surface area (Å²) in [5.74, 6) is 0.551. The largest absolute Gasteiger partial charge is 0.467 e. The van der Waals surface area contributed by atoms with E-state index in [1.165, 1.54) is 0 Å². The van der Waals surface area contributed by atoms with Gasteiger partial charge in [0.15, 0.2) is 5.65 Å². The van der Waals surface area contributed by atoms with Crippen molar-refractivity contribution in [2.24, 2.45) is 0 Å². The van der Waals surface area contributed by atoms with E-state index in [0.717, 1.165) is 35.8 Å². The molecule has 4 heterocycles. The molecule has 3 aromatic heterocycles. The van der Waals surface area contributed by atoms with Gasteiger partial charge in [-0.05, 0) is 30.3 Å². The number of pyridine rings is 1. The molecule has 180 valence electrons. The van der Waals surface area contributed by atoms with E-state index < -0.39 is 0 Å². The molecular formula is C28H25N5O3. The number of para-hydroxylation sites is 2. The molecule has 1 amide bonds. The molecule has 0 bridgehead atoms. The molecule has 0 aliphatic carbocycles. The minimum Gasteiger partial charge on any atom is -0.467 e. The standard InChI is InChI=1S/C28H25N5O3/c34-28(31-24-10-4-5-11-26(24)32-12-15-35-16-13-32)22-17-25(20-7-2-1-3-8-20)30-27-23(22)18-29-33(27)19-21-9-6-14-36-21/h1-11,14,17-18H,12-13,15-16,19H2,(H,31,34). The van der Waals surface area contributed by atoms with Crippen LogP contribution in [0.1, 0.15) is 16.1 Å². The lowest BCUT2D eigenvalue weighted by molar-refractivity contribution is 0.102. The third kappa shape index (κ3) is 4.34. The molecule has 1 aliphatic heterocycles. The van der Waals surface area contributed by atoms with E-state index in [9.17, 15) is 4.79 Å². The van der Waals surface area contributed by atoms with Crippen LogP contribution in [0.25, 0.3) is 22.3 Å². The van der Waals surface area contributed by atoms with Crippen LogP contribution in [0.4, 0.5) is 11.4 Å². The lowest BCUT2D eigenvalue weighted by Crippen LogP contribution is -2.36. The molecule has 2 aromatic carbocycles. The molecular weight excluding hydrogens is 454 g/mol. The van der Waals surface area contributed by atoms with Crippen molar-refractivity contribution in [3.05, 3.63) is 96.6 Å². The predicted octanol–water partition coefficient (Wildman–Crippen LogP) is 4.83. The Kier molecular flexibility index (Phi) is 5.93. The molecule has 5 aromatic rings. The SMILES string of the molecule is O=C(Nc1ccccc1N1CCOCC1)c1cc(-c2ccccc2)nc2c1cnn2Cc1ccco1. The molecule has 0 atom stereocenters. The van der Waals surface area contributed by atoms with E-state index in [1.54, 1.807) is 17.1 Å². The van der Waals surface area contributed by atoms with Crippen LogP contribution in [-0.4, -0.2) is 47.0 Å². The van der Waals surface area contributed by atoms with Crippen LogP contribution in [-0.2, 0) is 11.3 Å².